The van der Waals surface area contributed by atoms with Crippen molar-refractivity contribution in [1.82, 2.24) is 61.7 Å². The van der Waals surface area contributed by atoms with Crippen molar-refractivity contribution in [2.75, 3.05) is 0 Å². The summed E-state index contributed by atoms with van der Waals surface area (Å²) in [4.78, 5) is 17.2. The van der Waals surface area contributed by atoms with E-state index in [0.29, 0.717) is 11.2 Å². The Hall–Kier alpha value is -10.7. The largest absolute Gasteiger partial charge is 0.418 e. The Morgan fingerprint density at radius 1 is 0.263 bits per heavy atom. The molecule has 13 nitrogen and oxygen atoms in total. The van der Waals surface area contributed by atoms with Gasteiger partial charge in [-0.05, 0) is 281 Å². The van der Waals surface area contributed by atoms with Crippen molar-refractivity contribution in [3.8, 4) is 0 Å². The molecule has 11 heterocycles. The van der Waals surface area contributed by atoms with Gasteiger partial charge in [-0.2, -0.15) is 31.4 Å². The van der Waals surface area contributed by atoms with Crippen molar-refractivity contribution >= 4 is 87.7 Å². The molecule has 0 aliphatic heterocycles. The van der Waals surface area contributed by atoms with Gasteiger partial charge in [-0.3, -0.25) is 4.68 Å². The number of fused-ring (bicyclic) bond motifs is 8. The lowest BCUT2D eigenvalue weighted by Crippen LogP contribution is -2.22. The predicted octanol–water partition coefficient (Wildman–Crippen LogP) is 26.8. The highest BCUT2D eigenvalue weighted by Gasteiger charge is 2.37. The number of halogens is 6. The van der Waals surface area contributed by atoms with Gasteiger partial charge in [-0.25, -0.2) is 19.9 Å². The van der Waals surface area contributed by atoms with Crippen LogP contribution in [0.15, 0.2) is 238 Å². The summed E-state index contributed by atoms with van der Waals surface area (Å²) in [5, 5.41) is 11.1. The monoisotopic (exact) mass is 1550 g/mol. The van der Waals surface area contributed by atoms with Crippen molar-refractivity contribution in [3.63, 3.8) is 0 Å². The van der Waals surface area contributed by atoms with Gasteiger partial charge >= 0.3 is 12.4 Å². The molecule has 0 unspecified atom stereocenters. The quantitative estimate of drug-likeness (QED) is 0.141. The Bertz CT molecular complexity index is 5230. The first-order chi connectivity index (χ1) is 52.8. The molecular weight excluding hydrogens is 1440 g/mol. The zero-order valence-electron chi connectivity index (χ0n) is 71.6. The van der Waals surface area contributed by atoms with Crippen LogP contribution in [0.3, 0.4) is 0 Å². The van der Waals surface area contributed by atoms with Crippen LogP contribution in [-0.4, -0.2) is 61.7 Å². The Labute approximate surface area is 669 Å². The Balaban J connectivity index is 0.000000150. The average molecular weight is 1560 g/mol. The van der Waals surface area contributed by atoms with Crippen molar-refractivity contribution in [3.05, 3.63) is 260 Å². The van der Waals surface area contributed by atoms with E-state index in [2.05, 4.69) is 307 Å². The maximum atomic E-state index is 12.9. The molecule has 0 spiro atoms. The van der Waals surface area contributed by atoms with Crippen molar-refractivity contribution in [1.29, 1.82) is 0 Å². The molecule has 0 N–H and O–H groups in total. The maximum Gasteiger partial charge on any atom is 0.418 e. The van der Waals surface area contributed by atoms with Gasteiger partial charge in [-0.1, -0.05) is 84.9 Å². The molecule has 0 saturated heterocycles. The number of benzene rings is 5. The van der Waals surface area contributed by atoms with Crippen LogP contribution in [0.25, 0.3) is 87.7 Å². The molecule has 0 atom stereocenters. The molecule has 0 amide bonds. The lowest BCUT2D eigenvalue weighted by Gasteiger charge is -2.22. The van der Waals surface area contributed by atoms with Gasteiger partial charge in [0, 0.05) is 143 Å². The first-order valence-corrected chi connectivity index (χ1v) is 38.8. The van der Waals surface area contributed by atoms with Crippen LogP contribution < -0.4 is 0 Å². The third kappa shape index (κ3) is 20.8. The first-order valence-electron chi connectivity index (χ1n) is 38.8. The highest BCUT2D eigenvalue weighted by molar-refractivity contribution is 5.87. The zero-order valence-corrected chi connectivity index (χ0v) is 71.6. The van der Waals surface area contributed by atoms with Crippen LogP contribution in [0, 0.1) is 13.8 Å². The maximum absolute atomic E-state index is 12.9. The number of aryl methyl sites for hydroxylation is 2. The molecule has 0 saturated carbocycles. The number of hydrogen-bond acceptors (Lipinski definition) is 5. The fourth-order valence-corrected chi connectivity index (χ4v) is 13.6. The van der Waals surface area contributed by atoms with Crippen LogP contribution >= 0.6 is 0 Å². The van der Waals surface area contributed by atoms with Gasteiger partial charge < -0.3 is 32.0 Å². The highest BCUT2D eigenvalue weighted by Crippen LogP contribution is 2.40. The second-order valence-electron chi connectivity index (χ2n) is 36.9. The van der Waals surface area contributed by atoms with E-state index < -0.39 is 29.0 Å². The van der Waals surface area contributed by atoms with Crippen LogP contribution in [0.5, 0.6) is 0 Å². The first kappa shape index (κ1) is 87.3. The summed E-state index contributed by atoms with van der Waals surface area (Å²) in [6.45, 7) is 55.0. The number of aromatic nitrogens is 13. The second kappa shape index (κ2) is 33.4. The van der Waals surface area contributed by atoms with Crippen molar-refractivity contribution in [2.24, 2.45) is 0 Å². The van der Waals surface area contributed by atoms with Crippen molar-refractivity contribution < 1.29 is 26.3 Å². The van der Waals surface area contributed by atoms with E-state index in [4.69, 9.17) is 0 Å². The summed E-state index contributed by atoms with van der Waals surface area (Å²) in [6, 6.07) is 55.6. The number of imidazole rings is 1. The molecule has 11 aromatic heterocycles. The molecule has 604 valence electrons. The third-order valence-electron chi connectivity index (χ3n) is 19.2. The standard InChI is InChI=1S/C13H14F3N.C13H17N.C12H13F3N2.C12H16N2.C12H15N.3C11H14N2/c1-12(2,3)17-8-10(13(14,15)16)9-6-4-5-7-11(9)17;1-10-9-14(13(2,3)4)12-8-6-5-7-11(10)12;1-11(2,3)17-7-9(12(13,14)15)8-5-4-6-16-10(8)17;1-9-8-14(12(2,3)4)11-10(9)6-5-7-13-11;1-12(2,3)13-9-8-10-6-4-5-7-11(10)13;1-11(2,3)13-8-6-9-5-4-7-12-10(9)13;1-11(2,3)13-8-12-9-6-4-5-7-10(9)13;1-11(2,3)13-10-7-5-4-6-9(10)8-12-13/h4-8H,1-3H3;5-9H,1-4H3;4-7H,1-3H3;5-8H,1-4H3;4-9H,1-3H3;3*4-8H,1-3H3. The summed E-state index contributed by atoms with van der Waals surface area (Å²) < 4.78 is 93.9. The van der Waals surface area contributed by atoms with Gasteiger partial charge in [0.15, 0.2) is 0 Å². The van der Waals surface area contributed by atoms with Gasteiger partial charge in [0.25, 0.3) is 0 Å². The molecule has 114 heavy (non-hydrogen) atoms. The minimum absolute atomic E-state index is 0.0586. The third-order valence-corrected chi connectivity index (χ3v) is 19.2. The smallest absolute Gasteiger partial charge is 0.342 e. The zero-order chi connectivity index (χ0) is 84.3. The Morgan fingerprint density at radius 3 is 1.16 bits per heavy atom. The number of hydrogen-bond donors (Lipinski definition) is 0. The van der Waals surface area contributed by atoms with Crippen LogP contribution in [-0.2, 0) is 56.7 Å². The van der Waals surface area contributed by atoms with Crippen molar-refractivity contribution in [2.45, 2.75) is 237 Å². The number of rotatable bonds is 0. The normalized spacial score (nSPS) is 12.6. The number of alkyl halides is 6. The lowest BCUT2D eigenvalue weighted by atomic mass is 10.1. The summed E-state index contributed by atoms with van der Waals surface area (Å²) in [6.07, 6.45) is 11.4. The molecule has 5 aromatic carbocycles. The summed E-state index contributed by atoms with van der Waals surface area (Å²) in [5.41, 5.74) is 10.6. The minimum atomic E-state index is -4.35. The molecule has 16 aromatic rings. The molecule has 0 radical (unpaired) electrons. The average Bonchev–Trinajstić information content (AvgIpc) is 1.61. The number of nitrogens with zero attached hydrogens (tertiary/aromatic N) is 13. The van der Waals surface area contributed by atoms with E-state index in [1.807, 2.05) is 109 Å². The van der Waals surface area contributed by atoms with Crippen LogP contribution in [0.4, 0.5) is 26.3 Å². The summed E-state index contributed by atoms with van der Waals surface area (Å²) in [5.74, 6) is 0. The topological polar surface area (TPSA) is 104 Å². The van der Waals surface area contributed by atoms with E-state index in [0.717, 1.165) is 23.0 Å². The van der Waals surface area contributed by atoms with E-state index in [1.54, 1.807) is 27.3 Å². The second-order valence-corrected chi connectivity index (χ2v) is 36.9. The van der Waals surface area contributed by atoms with E-state index in [9.17, 15) is 26.3 Å². The predicted molar refractivity (Wildman–Crippen MR) is 464 cm³/mol. The van der Waals surface area contributed by atoms with E-state index >= 15 is 0 Å². The van der Waals surface area contributed by atoms with Crippen LogP contribution in [0.1, 0.15) is 188 Å². The van der Waals surface area contributed by atoms with Gasteiger partial charge in [0.2, 0.25) is 0 Å². The molecule has 0 aliphatic rings. The molecule has 16 rings (SSSR count). The minimum Gasteiger partial charge on any atom is -0.342 e. The lowest BCUT2D eigenvalue weighted by molar-refractivity contribution is -0.137. The fraction of sp³-hybridized carbons (Fsp3) is 0.379. The number of para-hydroxylation sites is 6. The highest BCUT2D eigenvalue weighted by atomic mass is 19.4. The molecule has 0 fully saturated rings. The molecule has 19 heteroatoms. The van der Waals surface area contributed by atoms with E-state index in [-0.39, 0.29) is 49.5 Å². The van der Waals surface area contributed by atoms with Gasteiger partial charge in [0.05, 0.1) is 45.7 Å². The fourth-order valence-electron chi connectivity index (χ4n) is 13.6. The molecule has 0 aliphatic carbocycles. The van der Waals surface area contributed by atoms with Gasteiger partial charge in [-0.15, -0.1) is 0 Å². The Morgan fingerprint density at radius 2 is 0.623 bits per heavy atom. The number of pyridine rings is 3. The summed E-state index contributed by atoms with van der Waals surface area (Å²) in [7, 11) is 0. The SMILES string of the molecule is CC(C)(C)n1cc(C(F)(F)F)c2ccccc21.CC(C)(C)n1cc(C(F)(F)F)c2cccnc21.CC(C)(C)n1ccc2ccccc21.CC(C)(C)n1ccc2cccnc21.CC(C)(C)n1cnc2ccccc21.CC(C)(C)n1ncc2ccccc21.Cc1cn(C(C)(C)C)c2ccccc12.Cc1cn(C(C)(C)C)c2ncccc12. The molecule has 0 bridgehead atoms. The van der Waals surface area contributed by atoms with Crippen LogP contribution in [0.2, 0.25) is 0 Å². The molecular formula is C95H117F6N13. The summed E-state index contributed by atoms with van der Waals surface area (Å²) >= 11 is 0. The Kier molecular flexibility index (Phi) is 25.6. The van der Waals surface area contributed by atoms with E-state index in [1.165, 1.54) is 90.7 Å². The van der Waals surface area contributed by atoms with Gasteiger partial charge in [0.1, 0.15) is 16.9 Å².